The Morgan fingerprint density at radius 3 is 2.24 bits per heavy atom. The highest BCUT2D eigenvalue weighted by molar-refractivity contribution is 6.81. The van der Waals surface area contributed by atoms with Gasteiger partial charge in [-0.05, 0) is 37.2 Å². The standard InChI is InChI=1S/C19H25BN2O2.CH4/c1-15-10-12-17(13-11-15)20(16-7-3-2-4-8-16)24-19(23)18(22)9-5-6-14-21;/h2-4,7-8,10-13,18H,5-6,9,14,21-22H2,1H3;1H4. The molecule has 0 radical (unpaired) electrons. The molecule has 1 unspecified atom stereocenters. The van der Waals surface area contributed by atoms with Crippen LogP contribution in [-0.2, 0) is 9.45 Å². The van der Waals surface area contributed by atoms with E-state index in [2.05, 4.69) is 0 Å². The minimum Gasteiger partial charge on any atom is -0.525 e. The zero-order valence-corrected chi connectivity index (χ0v) is 14.2. The third-order valence-electron chi connectivity index (χ3n) is 3.99. The molecule has 0 heterocycles. The van der Waals surface area contributed by atoms with Crippen LogP contribution in [0.1, 0.15) is 32.3 Å². The SMILES string of the molecule is C.Cc1ccc(B(OC(=O)C(N)CCCCN)c2ccccc2)cc1. The summed E-state index contributed by atoms with van der Waals surface area (Å²) in [5, 5.41) is 0. The van der Waals surface area contributed by atoms with Crippen molar-refractivity contribution in [1.29, 1.82) is 0 Å². The fourth-order valence-electron chi connectivity index (χ4n) is 2.53. The van der Waals surface area contributed by atoms with Gasteiger partial charge in [0.1, 0.15) is 6.04 Å². The van der Waals surface area contributed by atoms with E-state index in [0.29, 0.717) is 13.0 Å². The molecule has 0 bridgehead atoms. The van der Waals surface area contributed by atoms with Crippen molar-refractivity contribution < 1.29 is 9.45 Å². The maximum atomic E-state index is 12.4. The van der Waals surface area contributed by atoms with Crippen molar-refractivity contribution in [2.75, 3.05) is 6.54 Å². The minimum atomic E-state index is -0.617. The van der Waals surface area contributed by atoms with Gasteiger partial charge in [0, 0.05) is 0 Å². The summed E-state index contributed by atoms with van der Waals surface area (Å²) in [6, 6.07) is 17.1. The molecule has 0 aliphatic carbocycles. The molecule has 4 N–H and O–H groups in total. The average Bonchev–Trinajstić information content (AvgIpc) is 2.61. The van der Waals surface area contributed by atoms with Crippen molar-refractivity contribution in [3.63, 3.8) is 0 Å². The van der Waals surface area contributed by atoms with E-state index in [1.54, 1.807) is 0 Å². The van der Waals surface area contributed by atoms with E-state index in [0.717, 1.165) is 29.3 Å². The van der Waals surface area contributed by atoms with Crippen molar-refractivity contribution in [3.05, 3.63) is 60.2 Å². The first kappa shape index (κ1) is 20.9. The Morgan fingerprint density at radius 2 is 1.64 bits per heavy atom. The fraction of sp³-hybridized carbons (Fsp3) is 0.350. The van der Waals surface area contributed by atoms with Crippen LogP contribution in [0.3, 0.4) is 0 Å². The van der Waals surface area contributed by atoms with Crippen LogP contribution in [-0.4, -0.2) is 25.5 Å². The van der Waals surface area contributed by atoms with Gasteiger partial charge in [-0.25, -0.2) is 0 Å². The van der Waals surface area contributed by atoms with Gasteiger partial charge in [0.15, 0.2) is 0 Å². The third kappa shape index (κ3) is 6.37. The van der Waals surface area contributed by atoms with Crippen LogP contribution < -0.4 is 22.4 Å². The number of carbonyl (C=O) groups excluding carboxylic acids is 1. The van der Waals surface area contributed by atoms with E-state index < -0.39 is 13.0 Å². The molecule has 0 fully saturated rings. The summed E-state index contributed by atoms with van der Waals surface area (Å²) >= 11 is 0. The lowest BCUT2D eigenvalue weighted by molar-refractivity contribution is -0.136. The van der Waals surface area contributed by atoms with Crippen LogP contribution in [0.2, 0.25) is 0 Å². The summed E-state index contributed by atoms with van der Waals surface area (Å²) in [6.45, 7) is 2.19. The highest BCUT2D eigenvalue weighted by Gasteiger charge is 2.27. The second kappa shape index (κ2) is 10.7. The molecule has 134 valence electrons. The first-order chi connectivity index (χ1) is 11.6. The van der Waals surface area contributed by atoms with Gasteiger partial charge in [0.25, 0.3) is 0 Å². The zero-order chi connectivity index (χ0) is 17.4. The third-order valence-corrected chi connectivity index (χ3v) is 3.99. The summed E-state index contributed by atoms with van der Waals surface area (Å²) in [4.78, 5) is 12.4. The predicted octanol–water partition coefficient (Wildman–Crippen LogP) is 1.74. The van der Waals surface area contributed by atoms with Gasteiger partial charge >= 0.3 is 12.9 Å². The lowest BCUT2D eigenvalue weighted by atomic mass is 9.55. The average molecular weight is 340 g/mol. The van der Waals surface area contributed by atoms with Gasteiger partial charge < -0.3 is 16.1 Å². The molecule has 0 aliphatic heterocycles. The molecule has 0 aromatic heterocycles. The molecule has 4 nitrogen and oxygen atoms in total. The van der Waals surface area contributed by atoms with Gasteiger partial charge in [-0.1, -0.05) is 74.0 Å². The van der Waals surface area contributed by atoms with Gasteiger partial charge in [0.05, 0.1) is 0 Å². The molecular weight excluding hydrogens is 311 g/mol. The van der Waals surface area contributed by atoms with Crippen LogP contribution in [0.15, 0.2) is 54.6 Å². The van der Waals surface area contributed by atoms with Crippen LogP contribution in [0.4, 0.5) is 0 Å². The van der Waals surface area contributed by atoms with Crippen LogP contribution in [0.25, 0.3) is 0 Å². The number of unbranched alkanes of at least 4 members (excludes halogenated alkanes) is 1. The summed E-state index contributed by atoms with van der Waals surface area (Å²) < 4.78 is 5.76. The minimum absolute atomic E-state index is 0. The van der Waals surface area contributed by atoms with E-state index in [1.165, 1.54) is 0 Å². The van der Waals surface area contributed by atoms with Gasteiger partial charge in [0.2, 0.25) is 0 Å². The Bertz CT molecular complexity index is 632. The quantitative estimate of drug-likeness (QED) is 0.567. The Labute approximate surface area is 151 Å². The smallest absolute Gasteiger partial charge is 0.429 e. The van der Waals surface area contributed by atoms with Crippen molar-refractivity contribution >= 4 is 23.8 Å². The molecule has 2 aromatic rings. The molecular formula is C20H29BN2O2. The van der Waals surface area contributed by atoms with Crippen molar-refractivity contribution in [3.8, 4) is 0 Å². The van der Waals surface area contributed by atoms with Crippen molar-refractivity contribution in [2.24, 2.45) is 11.5 Å². The molecule has 0 saturated heterocycles. The summed E-state index contributed by atoms with van der Waals surface area (Å²) in [7, 11) is 0. The highest BCUT2D eigenvalue weighted by atomic mass is 16.5. The van der Waals surface area contributed by atoms with Gasteiger partial charge in [-0.3, -0.25) is 4.79 Å². The maximum absolute atomic E-state index is 12.4. The van der Waals surface area contributed by atoms with E-state index in [9.17, 15) is 4.79 Å². The number of aryl methyl sites for hydroxylation is 1. The maximum Gasteiger partial charge on any atom is 0.429 e. The van der Waals surface area contributed by atoms with Crippen LogP contribution >= 0.6 is 0 Å². The Balaban J connectivity index is 0.00000312. The van der Waals surface area contributed by atoms with Crippen molar-refractivity contribution in [1.82, 2.24) is 0 Å². The zero-order valence-electron chi connectivity index (χ0n) is 14.2. The van der Waals surface area contributed by atoms with E-state index in [1.807, 2.05) is 61.5 Å². The summed E-state index contributed by atoms with van der Waals surface area (Å²) in [5.41, 5.74) is 14.5. The number of benzene rings is 2. The topological polar surface area (TPSA) is 78.3 Å². The molecule has 2 rings (SSSR count). The second-order valence-corrected chi connectivity index (χ2v) is 6.03. The molecule has 0 amide bonds. The molecule has 0 spiro atoms. The second-order valence-electron chi connectivity index (χ2n) is 6.03. The molecule has 5 heteroatoms. The largest absolute Gasteiger partial charge is 0.525 e. The molecule has 2 aromatic carbocycles. The van der Waals surface area contributed by atoms with Crippen molar-refractivity contribution in [2.45, 2.75) is 39.7 Å². The Hall–Kier alpha value is -2.11. The van der Waals surface area contributed by atoms with Crippen LogP contribution in [0.5, 0.6) is 0 Å². The number of hydrogen-bond acceptors (Lipinski definition) is 4. The van der Waals surface area contributed by atoms with Gasteiger partial charge in [-0.2, -0.15) is 0 Å². The molecule has 1 atom stereocenters. The lowest BCUT2D eigenvalue weighted by Gasteiger charge is -2.18. The fourth-order valence-corrected chi connectivity index (χ4v) is 2.53. The van der Waals surface area contributed by atoms with Crippen LogP contribution in [0, 0.1) is 6.92 Å². The Morgan fingerprint density at radius 1 is 1.04 bits per heavy atom. The normalized spacial score (nSPS) is 11.3. The number of rotatable bonds is 8. The highest BCUT2D eigenvalue weighted by Crippen LogP contribution is 2.03. The number of carbonyl (C=O) groups is 1. The first-order valence-corrected chi connectivity index (χ1v) is 8.39. The number of hydrogen-bond donors (Lipinski definition) is 2. The van der Waals surface area contributed by atoms with E-state index in [4.69, 9.17) is 16.1 Å². The van der Waals surface area contributed by atoms with Gasteiger partial charge in [-0.15, -0.1) is 0 Å². The first-order valence-electron chi connectivity index (χ1n) is 8.39. The van der Waals surface area contributed by atoms with E-state index >= 15 is 0 Å². The molecule has 25 heavy (non-hydrogen) atoms. The lowest BCUT2D eigenvalue weighted by Crippen LogP contribution is -2.49. The molecule has 0 aliphatic rings. The molecule has 0 saturated carbocycles. The summed E-state index contributed by atoms with van der Waals surface area (Å²) in [6.07, 6.45) is 2.28. The van der Waals surface area contributed by atoms with E-state index in [-0.39, 0.29) is 13.4 Å². The summed E-state index contributed by atoms with van der Waals surface area (Å²) in [5.74, 6) is -0.374. The number of nitrogens with two attached hydrogens (primary N) is 2. The Kier molecular flexibility index (Phi) is 8.96. The monoisotopic (exact) mass is 340 g/mol. The predicted molar refractivity (Wildman–Crippen MR) is 106 cm³/mol.